The Labute approximate surface area is 118 Å². The summed E-state index contributed by atoms with van der Waals surface area (Å²) in [4.78, 5) is 4.88. The number of likely N-dealkylation sites (tertiary alicyclic amines) is 1. The summed E-state index contributed by atoms with van der Waals surface area (Å²) in [6, 6.07) is 0.618. The molecule has 2 N–H and O–H groups in total. The Morgan fingerprint density at radius 1 is 1.42 bits per heavy atom. The van der Waals surface area contributed by atoms with Crippen LogP contribution in [0.25, 0.3) is 0 Å². The lowest BCUT2D eigenvalue weighted by Gasteiger charge is -2.49. The summed E-state index contributed by atoms with van der Waals surface area (Å²) in [5, 5.41) is 0. The minimum absolute atomic E-state index is 0.175. The van der Waals surface area contributed by atoms with E-state index in [2.05, 4.69) is 30.8 Å². The normalized spacial score (nSPS) is 33.0. The third-order valence-corrected chi connectivity index (χ3v) is 5.17. The number of nitrogens with zero attached hydrogens (tertiary/aromatic N) is 2. The Hall–Kier alpha value is -0.160. The lowest BCUT2D eigenvalue weighted by Crippen LogP contribution is -2.60. The molecule has 0 bridgehead atoms. The Morgan fingerprint density at radius 2 is 2.16 bits per heavy atom. The third kappa shape index (κ3) is 3.91. The van der Waals surface area contributed by atoms with Gasteiger partial charge in [0.15, 0.2) is 0 Å². The molecular formula is C15H31N3O. The zero-order valence-electron chi connectivity index (χ0n) is 12.9. The van der Waals surface area contributed by atoms with Crippen molar-refractivity contribution in [2.45, 2.75) is 44.2 Å². The van der Waals surface area contributed by atoms with Crippen molar-refractivity contribution in [1.29, 1.82) is 0 Å². The van der Waals surface area contributed by atoms with Gasteiger partial charge in [0.2, 0.25) is 0 Å². The number of ether oxygens (including phenoxy) is 1. The highest BCUT2D eigenvalue weighted by Crippen LogP contribution is 2.30. The van der Waals surface area contributed by atoms with Gasteiger partial charge in [-0.2, -0.15) is 0 Å². The molecule has 1 heterocycles. The topological polar surface area (TPSA) is 41.7 Å². The standard InChI is InChI=1S/C15H31N3O/c1-13-10-15(12-16,6-7-17(13)2)18(3)8-9-19-11-14-4-5-14/h13-14H,4-12,16H2,1-3H3. The van der Waals surface area contributed by atoms with E-state index in [1.807, 2.05) is 0 Å². The van der Waals surface area contributed by atoms with E-state index in [1.54, 1.807) is 0 Å². The molecule has 2 unspecified atom stereocenters. The molecule has 0 aromatic rings. The molecule has 2 rings (SSSR count). The largest absolute Gasteiger partial charge is 0.380 e. The van der Waals surface area contributed by atoms with E-state index in [-0.39, 0.29) is 5.54 Å². The Balaban J connectivity index is 1.77. The predicted octanol–water partition coefficient (Wildman–Crippen LogP) is 1.16. The minimum atomic E-state index is 0.175. The highest BCUT2D eigenvalue weighted by molar-refractivity contribution is 4.97. The second kappa shape index (κ2) is 6.53. The summed E-state index contributed by atoms with van der Waals surface area (Å²) in [6.07, 6.45) is 5.07. The molecule has 0 aromatic carbocycles. The summed E-state index contributed by atoms with van der Waals surface area (Å²) in [5.41, 5.74) is 6.28. The summed E-state index contributed by atoms with van der Waals surface area (Å²) in [5.74, 6) is 0.858. The van der Waals surface area contributed by atoms with Crippen LogP contribution in [0, 0.1) is 5.92 Å². The molecule has 1 aliphatic heterocycles. The van der Waals surface area contributed by atoms with Crippen LogP contribution in [0.1, 0.15) is 32.6 Å². The highest BCUT2D eigenvalue weighted by Gasteiger charge is 2.39. The van der Waals surface area contributed by atoms with Crippen molar-refractivity contribution in [2.24, 2.45) is 11.7 Å². The van der Waals surface area contributed by atoms with Crippen LogP contribution in [0.15, 0.2) is 0 Å². The van der Waals surface area contributed by atoms with E-state index in [0.29, 0.717) is 6.04 Å². The molecule has 1 saturated carbocycles. The second-order valence-electron chi connectivity index (χ2n) is 6.65. The molecule has 0 amide bonds. The number of piperidine rings is 1. The minimum Gasteiger partial charge on any atom is -0.380 e. The van der Waals surface area contributed by atoms with Crippen LogP contribution >= 0.6 is 0 Å². The smallest absolute Gasteiger partial charge is 0.0593 e. The molecule has 0 radical (unpaired) electrons. The number of hydrogen-bond donors (Lipinski definition) is 1. The summed E-state index contributed by atoms with van der Waals surface area (Å²) in [7, 11) is 4.43. The van der Waals surface area contributed by atoms with E-state index >= 15 is 0 Å². The molecule has 0 aromatic heterocycles. The first-order chi connectivity index (χ1) is 9.07. The fraction of sp³-hybridized carbons (Fsp3) is 1.00. The van der Waals surface area contributed by atoms with Gasteiger partial charge in [-0.25, -0.2) is 0 Å². The first-order valence-corrected chi connectivity index (χ1v) is 7.77. The lowest BCUT2D eigenvalue weighted by atomic mass is 9.82. The maximum absolute atomic E-state index is 6.11. The van der Waals surface area contributed by atoms with Crippen molar-refractivity contribution in [3.63, 3.8) is 0 Å². The third-order valence-electron chi connectivity index (χ3n) is 5.17. The quantitative estimate of drug-likeness (QED) is 0.704. The fourth-order valence-corrected chi connectivity index (χ4v) is 3.07. The van der Waals surface area contributed by atoms with Crippen LogP contribution in [0.4, 0.5) is 0 Å². The van der Waals surface area contributed by atoms with E-state index in [4.69, 9.17) is 10.5 Å². The van der Waals surface area contributed by atoms with E-state index < -0.39 is 0 Å². The SMILES string of the molecule is CC1CC(CN)(N(C)CCOCC2CC2)CCN1C. The molecule has 0 spiro atoms. The molecule has 4 heteroatoms. The van der Waals surface area contributed by atoms with Gasteiger partial charge in [0.25, 0.3) is 0 Å². The number of likely N-dealkylation sites (N-methyl/N-ethyl adjacent to an activating group) is 1. The molecule has 2 atom stereocenters. The molecule has 2 aliphatic rings. The number of hydrogen-bond acceptors (Lipinski definition) is 4. The maximum Gasteiger partial charge on any atom is 0.0593 e. The van der Waals surface area contributed by atoms with Crippen LogP contribution in [-0.2, 0) is 4.74 Å². The van der Waals surface area contributed by atoms with Crippen molar-refractivity contribution in [3.8, 4) is 0 Å². The average molecular weight is 269 g/mol. The van der Waals surface area contributed by atoms with Gasteiger partial charge in [-0.05, 0) is 59.2 Å². The summed E-state index contributed by atoms with van der Waals surface area (Å²) < 4.78 is 5.76. The van der Waals surface area contributed by atoms with E-state index in [0.717, 1.165) is 38.8 Å². The Morgan fingerprint density at radius 3 is 2.74 bits per heavy atom. The van der Waals surface area contributed by atoms with Crippen LogP contribution < -0.4 is 5.73 Å². The van der Waals surface area contributed by atoms with Gasteiger partial charge in [-0.3, -0.25) is 4.90 Å². The zero-order chi connectivity index (χ0) is 13.9. The van der Waals surface area contributed by atoms with Crippen molar-refractivity contribution in [3.05, 3.63) is 0 Å². The highest BCUT2D eigenvalue weighted by atomic mass is 16.5. The van der Waals surface area contributed by atoms with Crippen LogP contribution in [0.3, 0.4) is 0 Å². The maximum atomic E-state index is 6.11. The van der Waals surface area contributed by atoms with Crippen molar-refractivity contribution in [1.82, 2.24) is 9.80 Å². The molecular weight excluding hydrogens is 238 g/mol. The summed E-state index contributed by atoms with van der Waals surface area (Å²) in [6.45, 7) is 7.01. The van der Waals surface area contributed by atoms with Gasteiger partial charge < -0.3 is 15.4 Å². The molecule has 112 valence electrons. The Kier molecular flexibility index (Phi) is 5.23. The molecule has 1 saturated heterocycles. The second-order valence-corrected chi connectivity index (χ2v) is 6.65. The van der Waals surface area contributed by atoms with E-state index in [9.17, 15) is 0 Å². The summed E-state index contributed by atoms with van der Waals surface area (Å²) >= 11 is 0. The van der Waals surface area contributed by atoms with Gasteiger partial charge in [0.1, 0.15) is 0 Å². The number of nitrogens with two attached hydrogens (primary N) is 1. The van der Waals surface area contributed by atoms with Crippen molar-refractivity contribution >= 4 is 0 Å². The molecule has 1 aliphatic carbocycles. The van der Waals surface area contributed by atoms with Gasteiger partial charge in [-0.15, -0.1) is 0 Å². The predicted molar refractivity (Wildman–Crippen MR) is 79.3 cm³/mol. The van der Waals surface area contributed by atoms with Gasteiger partial charge >= 0.3 is 0 Å². The van der Waals surface area contributed by atoms with Crippen LogP contribution in [0.5, 0.6) is 0 Å². The first-order valence-electron chi connectivity index (χ1n) is 7.77. The average Bonchev–Trinajstić information content (AvgIpc) is 3.22. The van der Waals surface area contributed by atoms with Crippen molar-refractivity contribution in [2.75, 3.05) is 46.9 Å². The zero-order valence-corrected chi connectivity index (χ0v) is 12.9. The molecule has 19 heavy (non-hydrogen) atoms. The van der Waals surface area contributed by atoms with Crippen LogP contribution in [-0.4, -0.2) is 68.3 Å². The lowest BCUT2D eigenvalue weighted by molar-refractivity contribution is 0.00656. The first kappa shape index (κ1) is 15.2. The van der Waals surface area contributed by atoms with Crippen LogP contribution in [0.2, 0.25) is 0 Å². The fourth-order valence-electron chi connectivity index (χ4n) is 3.07. The Bertz CT molecular complexity index is 283. The monoisotopic (exact) mass is 269 g/mol. The van der Waals surface area contributed by atoms with Gasteiger partial charge in [-0.1, -0.05) is 0 Å². The van der Waals surface area contributed by atoms with Gasteiger partial charge in [0.05, 0.1) is 6.61 Å². The number of rotatable bonds is 7. The van der Waals surface area contributed by atoms with Crippen molar-refractivity contribution < 1.29 is 4.74 Å². The molecule has 2 fully saturated rings. The van der Waals surface area contributed by atoms with E-state index in [1.165, 1.54) is 25.7 Å². The van der Waals surface area contributed by atoms with Gasteiger partial charge in [0, 0.05) is 31.3 Å². The molecule has 4 nitrogen and oxygen atoms in total.